The Hall–Kier alpha value is -1.86. The molecule has 0 saturated heterocycles. The molecule has 0 atom stereocenters. The van der Waals surface area contributed by atoms with Gasteiger partial charge in [-0.05, 0) is 11.0 Å². The summed E-state index contributed by atoms with van der Waals surface area (Å²) in [4.78, 5) is 11.5. The van der Waals surface area contributed by atoms with E-state index in [9.17, 15) is 4.79 Å². The SMILES string of the molecule is Cn1cnn(Cc2ccc(B(O)O)cc2)c1=O. The van der Waals surface area contributed by atoms with Crippen LogP contribution in [0.15, 0.2) is 35.4 Å². The molecule has 7 heteroatoms. The van der Waals surface area contributed by atoms with E-state index in [-0.39, 0.29) is 5.69 Å². The lowest BCUT2D eigenvalue weighted by Crippen LogP contribution is -2.29. The smallest absolute Gasteiger partial charge is 0.423 e. The number of benzene rings is 1. The van der Waals surface area contributed by atoms with Gasteiger partial charge in [0.25, 0.3) is 0 Å². The van der Waals surface area contributed by atoms with E-state index in [1.165, 1.54) is 15.6 Å². The van der Waals surface area contributed by atoms with Crippen molar-refractivity contribution < 1.29 is 10.0 Å². The van der Waals surface area contributed by atoms with E-state index in [1.54, 1.807) is 31.3 Å². The van der Waals surface area contributed by atoms with E-state index < -0.39 is 7.12 Å². The highest BCUT2D eigenvalue weighted by molar-refractivity contribution is 6.58. The lowest BCUT2D eigenvalue weighted by Gasteiger charge is -2.02. The van der Waals surface area contributed by atoms with Gasteiger partial charge in [-0.15, -0.1) is 0 Å². The van der Waals surface area contributed by atoms with Gasteiger partial charge in [-0.3, -0.25) is 4.57 Å². The maximum absolute atomic E-state index is 11.5. The first-order chi connectivity index (χ1) is 8.08. The van der Waals surface area contributed by atoms with Crippen LogP contribution in [0.25, 0.3) is 0 Å². The minimum Gasteiger partial charge on any atom is -0.423 e. The summed E-state index contributed by atoms with van der Waals surface area (Å²) >= 11 is 0. The molecule has 1 aromatic heterocycles. The summed E-state index contributed by atoms with van der Waals surface area (Å²) in [6, 6.07) is 6.67. The Bertz CT molecular complexity index is 559. The molecule has 0 fully saturated rings. The molecule has 0 bridgehead atoms. The van der Waals surface area contributed by atoms with Crippen LogP contribution < -0.4 is 11.2 Å². The van der Waals surface area contributed by atoms with Crippen molar-refractivity contribution in [2.75, 3.05) is 0 Å². The number of aryl methyl sites for hydroxylation is 1. The van der Waals surface area contributed by atoms with Gasteiger partial charge in [0.2, 0.25) is 0 Å². The third-order valence-corrected chi connectivity index (χ3v) is 2.50. The minimum absolute atomic E-state index is 0.184. The molecule has 17 heavy (non-hydrogen) atoms. The molecule has 2 N–H and O–H groups in total. The summed E-state index contributed by atoms with van der Waals surface area (Å²) in [6.07, 6.45) is 1.45. The van der Waals surface area contributed by atoms with Crippen LogP contribution in [-0.4, -0.2) is 31.5 Å². The van der Waals surface area contributed by atoms with Gasteiger partial charge < -0.3 is 10.0 Å². The highest BCUT2D eigenvalue weighted by Crippen LogP contribution is 1.98. The average Bonchev–Trinajstić information content (AvgIpc) is 2.62. The molecular weight excluding hydrogens is 221 g/mol. The molecule has 2 aromatic rings. The van der Waals surface area contributed by atoms with E-state index >= 15 is 0 Å². The molecule has 0 amide bonds. The zero-order valence-corrected chi connectivity index (χ0v) is 9.32. The van der Waals surface area contributed by atoms with Gasteiger partial charge in [0.05, 0.1) is 6.54 Å². The molecular formula is C10H12BN3O3. The van der Waals surface area contributed by atoms with E-state index in [4.69, 9.17) is 10.0 Å². The maximum Gasteiger partial charge on any atom is 0.488 e. The molecule has 0 aliphatic heterocycles. The lowest BCUT2D eigenvalue weighted by atomic mass is 9.80. The average molecular weight is 233 g/mol. The molecule has 0 radical (unpaired) electrons. The van der Waals surface area contributed by atoms with Crippen LogP contribution in [0.4, 0.5) is 0 Å². The number of hydrogen-bond donors (Lipinski definition) is 2. The van der Waals surface area contributed by atoms with Crippen LogP contribution in [0.1, 0.15) is 5.56 Å². The lowest BCUT2D eigenvalue weighted by molar-refractivity contribution is 0.426. The zero-order chi connectivity index (χ0) is 12.4. The van der Waals surface area contributed by atoms with Gasteiger partial charge in [0.1, 0.15) is 6.33 Å². The molecule has 0 aliphatic rings. The van der Waals surface area contributed by atoms with Crippen molar-refractivity contribution in [1.29, 1.82) is 0 Å². The Kier molecular flexibility index (Phi) is 3.12. The van der Waals surface area contributed by atoms with E-state index in [1.807, 2.05) is 0 Å². The van der Waals surface area contributed by atoms with E-state index in [2.05, 4.69) is 5.10 Å². The minimum atomic E-state index is -1.47. The standard InChI is InChI=1S/C10H12BN3O3/c1-13-7-12-14(10(13)15)6-8-2-4-9(5-3-8)11(16)17/h2-5,7,16-17H,6H2,1H3. The predicted octanol–water partition coefficient (Wildman–Crippen LogP) is -1.69. The summed E-state index contributed by atoms with van der Waals surface area (Å²) in [7, 11) is 0.165. The van der Waals surface area contributed by atoms with Crippen molar-refractivity contribution in [3.05, 3.63) is 46.6 Å². The first-order valence-electron chi connectivity index (χ1n) is 5.11. The maximum atomic E-state index is 11.5. The summed E-state index contributed by atoms with van der Waals surface area (Å²) in [5.74, 6) is 0. The largest absolute Gasteiger partial charge is 0.488 e. The topological polar surface area (TPSA) is 80.3 Å². The summed E-state index contributed by atoms with van der Waals surface area (Å²) in [5, 5.41) is 21.8. The molecule has 6 nitrogen and oxygen atoms in total. The second-order valence-corrected chi connectivity index (χ2v) is 3.80. The fourth-order valence-electron chi connectivity index (χ4n) is 1.50. The normalized spacial score (nSPS) is 10.5. The van der Waals surface area contributed by atoms with Gasteiger partial charge in [0.15, 0.2) is 0 Å². The Morgan fingerprint density at radius 2 is 1.94 bits per heavy atom. The van der Waals surface area contributed by atoms with Crippen molar-refractivity contribution >= 4 is 12.6 Å². The molecule has 0 saturated carbocycles. The van der Waals surface area contributed by atoms with Crippen LogP contribution >= 0.6 is 0 Å². The van der Waals surface area contributed by atoms with Crippen molar-refractivity contribution in [3.63, 3.8) is 0 Å². The van der Waals surface area contributed by atoms with Crippen molar-refractivity contribution in [3.8, 4) is 0 Å². The van der Waals surface area contributed by atoms with Gasteiger partial charge in [-0.2, -0.15) is 5.10 Å². The molecule has 88 valence electrons. The monoisotopic (exact) mass is 233 g/mol. The number of hydrogen-bond acceptors (Lipinski definition) is 4. The van der Waals surface area contributed by atoms with Gasteiger partial charge in [-0.1, -0.05) is 24.3 Å². The Balaban J connectivity index is 2.19. The fourth-order valence-corrected chi connectivity index (χ4v) is 1.50. The Labute approximate surface area is 97.9 Å². The van der Waals surface area contributed by atoms with E-state index in [0.29, 0.717) is 12.0 Å². The van der Waals surface area contributed by atoms with Crippen LogP contribution in [0, 0.1) is 0 Å². The summed E-state index contributed by atoms with van der Waals surface area (Å²) in [5.41, 5.74) is 1.11. The fraction of sp³-hybridized carbons (Fsp3) is 0.200. The Morgan fingerprint density at radius 1 is 1.29 bits per heavy atom. The molecule has 0 aliphatic carbocycles. The Morgan fingerprint density at radius 3 is 2.41 bits per heavy atom. The quantitative estimate of drug-likeness (QED) is 0.620. The van der Waals surface area contributed by atoms with Gasteiger partial charge in [0, 0.05) is 7.05 Å². The van der Waals surface area contributed by atoms with Crippen LogP contribution in [0.2, 0.25) is 0 Å². The number of rotatable bonds is 3. The van der Waals surface area contributed by atoms with Crippen molar-refractivity contribution in [2.24, 2.45) is 7.05 Å². The third-order valence-electron chi connectivity index (χ3n) is 2.50. The van der Waals surface area contributed by atoms with Crippen LogP contribution in [0.3, 0.4) is 0 Å². The second kappa shape index (κ2) is 4.56. The van der Waals surface area contributed by atoms with Gasteiger partial charge in [-0.25, -0.2) is 9.48 Å². The van der Waals surface area contributed by atoms with Crippen LogP contribution in [-0.2, 0) is 13.6 Å². The third kappa shape index (κ3) is 2.46. The highest BCUT2D eigenvalue weighted by atomic mass is 16.4. The molecule has 0 unspecified atom stereocenters. The predicted molar refractivity (Wildman–Crippen MR) is 62.8 cm³/mol. The van der Waals surface area contributed by atoms with E-state index in [0.717, 1.165) is 5.56 Å². The number of aromatic nitrogens is 3. The van der Waals surface area contributed by atoms with Gasteiger partial charge >= 0.3 is 12.8 Å². The second-order valence-electron chi connectivity index (χ2n) is 3.80. The summed E-state index contributed by atoms with van der Waals surface area (Å²) < 4.78 is 2.73. The molecule has 1 aromatic carbocycles. The summed E-state index contributed by atoms with van der Waals surface area (Å²) in [6.45, 7) is 0.363. The van der Waals surface area contributed by atoms with Crippen molar-refractivity contribution in [1.82, 2.24) is 14.3 Å². The first kappa shape index (κ1) is 11.6. The molecule has 2 rings (SSSR count). The highest BCUT2D eigenvalue weighted by Gasteiger charge is 2.10. The molecule has 1 heterocycles. The van der Waals surface area contributed by atoms with Crippen LogP contribution in [0.5, 0.6) is 0 Å². The van der Waals surface area contributed by atoms with Crippen molar-refractivity contribution in [2.45, 2.75) is 6.54 Å². The molecule has 0 spiro atoms. The zero-order valence-electron chi connectivity index (χ0n) is 9.32. The first-order valence-corrected chi connectivity index (χ1v) is 5.11. The number of nitrogens with zero attached hydrogens (tertiary/aromatic N) is 3.